The fraction of sp³-hybridized carbons (Fsp3) is 0.522. The summed E-state index contributed by atoms with van der Waals surface area (Å²) in [6, 6.07) is 8.40. The Morgan fingerprint density at radius 2 is 1.82 bits per heavy atom. The van der Waals surface area contributed by atoms with Crippen LogP contribution in [0.3, 0.4) is 0 Å². The lowest BCUT2D eigenvalue weighted by Gasteiger charge is -2.29. The topological polar surface area (TPSA) is 46.5 Å². The van der Waals surface area contributed by atoms with E-state index in [4.69, 9.17) is 4.74 Å². The number of hydrogen-bond donors (Lipinski definition) is 1. The van der Waals surface area contributed by atoms with Crippen LogP contribution >= 0.6 is 0 Å². The molecular formula is C23H33N3O2. The van der Waals surface area contributed by atoms with Crippen LogP contribution in [0.15, 0.2) is 24.3 Å². The summed E-state index contributed by atoms with van der Waals surface area (Å²) in [6.45, 7) is 15.1. The Bertz CT molecular complexity index is 833. The van der Waals surface area contributed by atoms with Crippen molar-refractivity contribution in [1.29, 1.82) is 0 Å². The zero-order valence-electron chi connectivity index (χ0n) is 17.8. The Morgan fingerprint density at radius 1 is 1.14 bits per heavy atom. The maximum absolute atomic E-state index is 13.1. The lowest BCUT2D eigenvalue weighted by Crippen LogP contribution is -2.36. The van der Waals surface area contributed by atoms with Gasteiger partial charge in [-0.3, -0.25) is 4.79 Å². The van der Waals surface area contributed by atoms with Crippen LogP contribution in [0.5, 0.6) is 0 Å². The van der Waals surface area contributed by atoms with Gasteiger partial charge in [0.1, 0.15) is 5.69 Å². The van der Waals surface area contributed by atoms with E-state index < -0.39 is 0 Å². The van der Waals surface area contributed by atoms with Gasteiger partial charge in [0.15, 0.2) is 0 Å². The number of aromatic nitrogens is 1. The third-order valence-corrected chi connectivity index (χ3v) is 5.53. The molecule has 0 bridgehead atoms. The molecule has 1 aromatic carbocycles. The molecule has 28 heavy (non-hydrogen) atoms. The molecule has 0 aliphatic carbocycles. The van der Waals surface area contributed by atoms with Crippen molar-refractivity contribution in [3.8, 4) is 0 Å². The fourth-order valence-corrected chi connectivity index (χ4v) is 3.96. The van der Waals surface area contributed by atoms with Crippen LogP contribution in [0.25, 0.3) is 0 Å². The number of carbonyl (C=O) groups is 1. The van der Waals surface area contributed by atoms with Crippen molar-refractivity contribution in [3.05, 3.63) is 52.3 Å². The predicted molar refractivity (Wildman–Crippen MR) is 114 cm³/mol. The number of ether oxygens (including phenoxy) is 1. The maximum Gasteiger partial charge on any atom is 0.268 e. The highest BCUT2D eigenvalue weighted by molar-refractivity contribution is 5.96. The standard InChI is InChI=1S/C23H33N3O2/c1-16(2)14-24-23(27)22-18(4)21(25-10-12-28-13-11-25)19(5)26(22)15-20-9-7-6-8-17(20)3/h6-9,16H,10-15H2,1-5H3,(H,24,27). The number of anilines is 1. The second-order valence-electron chi connectivity index (χ2n) is 8.12. The molecule has 0 unspecified atom stereocenters. The number of benzene rings is 1. The highest BCUT2D eigenvalue weighted by Crippen LogP contribution is 2.32. The predicted octanol–water partition coefficient (Wildman–Crippen LogP) is 3.68. The van der Waals surface area contributed by atoms with E-state index in [9.17, 15) is 4.79 Å². The first-order valence-corrected chi connectivity index (χ1v) is 10.2. The monoisotopic (exact) mass is 383 g/mol. The summed E-state index contributed by atoms with van der Waals surface area (Å²) in [4.78, 5) is 15.5. The van der Waals surface area contributed by atoms with Crippen LogP contribution in [-0.4, -0.2) is 43.3 Å². The lowest BCUT2D eigenvalue weighted by atomic mass is 10.1. The van der Waals surface area contributed by atoms with E-state index in [1.165, 1.54) is 16.8 Å². The molecule has 1 fully saturated rings. The molecule has 1 N–H and O–H groups in total. The number of amides is 1. The average molecular weight is 384 g/mol. The summed E-state index contributed by atoms with van der Waals surface area (Å²) in [5.74, 6) is 0.436. The van der Waals surface area contributed by atoms with E-state index in [1.807, 2.05) is 0 Å². The Labute approximate surface area is 168 Å². The van der Waals surface area contributed by atoms with Crippen molar-refractivity contribution < 1.29 is 9.53 Å². The quantitative estimate of drug-likeness (QED) is 0.828. The van der Waals surface area contributed by atoms with Gasteiger partial charge in [-0.05, 0) is 37.8 Å². The van der Waals surface area contributed by atoms with Crippen LogP contribution in [0.1, 0.15) is 46.7 Å². The molecule has 1 saturated heterocycles. The van der Waals surface area contributed by atoms with Gasteiger partial charge >= 0.3 is 0 Å². The van der Waals surface area contributed by atoms with E-state index in [1.54, 1.807) is 0 Å². The van der Waals surface area contributed by atoms with Gasteiger partial charge in [0.2, 0.25) is 0 Å². The molecule has 0 radical (unpaired) electrons. The Balaban J connectivity index is 2.04. The summed E-state index contributed by atoms with van der Waals surface area (Å²) in [5.41, 5.74) is 6.67. The summed E-state index contributed by atoms with van der Waals surface area (Å²) in [7, 11) is 0. The van der Waals surface area contributed by atoms with Crippen LogP contribution < -0.4 is 10.2 Å². The maximum atomic E-state index is 13.1. The third kappa shape index (κ3) is 4.25. The van der Waals surface area contributed by atoms with Crippen LogP contribution in [0.2, 0.25) is 0 Å². The van der Waals surface area contributed by atoms with Gasteiger partial charge < -0.3 is 19.5 Å². The smallest absolute Gasteiger partial charge is 0.268 e. The summed E-state index contributed by atoms with van der Waals surface area (Å²) >= 11 is 0. The number of nitrogens with one attached hydrogen (secondary N) is 1. The summed E-state index contributed by atoms with van der Waals surface area (Å²) in [5, 5.41) is 3.12. The zero-order chi connectivity index (χ0) is 20.3. The molecular weight excluding hydrogens is 350 g/mol. The average Bonchev–Trinajstić information content (AvgIpc) is 2.92. The van der Waals surface area contributed by atoms with Gasteiger partial charge in [0.05, 0.1) is 18.9 Å². The summed E-state index contributed by atoms with van der Waals surface area (Å²) < 4.78 is 7.73. The van der Waals surface area contributed by atoms with Crippen LogP contribution in [0.4, 0.5) is 5.69 Å². The van der Waals surface area contributed by atoms with Crippen molar-refractivity contribution in [2.75, 3.05) is 37.7 Å². The normalized spacial score (nSPS) is 14.6. The minimum Gasteiger partial charge on any atom is -0.378 e. The van der Waals surface area contributed by atoms with Gasteiger partial charge in [0, 0.05) is 37.4 Å². The minimum absolute atomic E-state index is 0.0161. The number of hydrogen-bond acceptors (Lipinski definition) is 3. The van der Waals surface area contributed by atoms with Gasteiger partial charge in [0.25, 0.3) is 5.91 Å². The Hall–Kier alpha value is -2.27. The van der Waals surface area contributed by atoms with E-state index in [-0.39, 0.29) is 5.91 Å². The molecule has 0 spiro atoms. The minimum atomic E-state index is 0.0161. The van der Waals surface area contributed by atoms with Crippen LogP contribution in [0, 0.1) is 26.7 Å². The number of morpholine rings is 1. The van der Waals surface area contributed by atoms with Gasteiger partial charge in [-0.15, -0.1) is 0 Å². The number of rotatable bonds is 6. The molecule has 152 valence electrons. The molecule has 0 saturated carbocycles. The van der Waals surface area contributed by atoms with Crippen molar-refractivity contribution in [2.24, 2.45) is 5.92 Å². The largest absolute Gasteiger partial charge is 0.378 e. The van der Waals surface area contributed by atoms with E-state index in [0.29, 0.717) is 19.0 Å². The molecule has 1 amide bonds. The fourth-order valence-electron chi connectivity index (χ4n) is 3.96. The molecule has 1 aliphatic heterocycles. The highest BCUT2D eigenvalue weighted by Gasteiger charge is 2.27. The van der Waals surface area contributed by atoms with Crippen molar-refractivity contribution in [3.63, 3.8) is 0 Å². The first-order chi connectivity index (χ1) is 13.4. The zero-order valence-corrected chi connectivity index (χ0v) is 17.8. The van der Waals surface area contributed by atoms with Gasteiger partial charge in [-0.2, -0.15) is 0 Å². The first-order valence-electron chi connectivity index (χ1n) is 10.2. The second-order valence-corrected chi connectivity index (χ2v) is 8.12. The summed E-state index contributed by atoms with van der Waals surface area (Å²) in [6.07, 6.45) is 0. The molecule has 5 heteroatoms. The Morgan fingerprint density at radius 3 is 2.46 bits per heavy atom. The molecule has 5 nitrogen and oxygen atoms in total. The van der Waals surface area contributed by atoms with E-state index >= 15 is 0 Å². The number of aryl methyl sites for hydroxylation is 1. The van der Waals surface area contributed by atoms with Crippen LogP contribution in [-0.2, 0) is 11.3 Å². The number of carbonyl (C=O) groups excluding carboxylic acids is 1. The van der Waals surface area contributed by atoms with Crippen molar-refractivity contribution >= 4 is 11.6 Å². The molecule has 2 aromatic rings. The first kappa shape index (κ1) is 20.5. The SMILES string of the molecule is Cc1ccccc1Cn1c(C)c(N2CCOCC2)c(C)c1C(=O)NCC(C)C. The molecule has 2 heterocycles. The second kappa shape index (κ2) is 8.82. The molecule has 1 aliphatic rings. The molecule has 1 aromatic heterocycles. The van der Waals surface area contributed by atoms with E-state index in [2.05, 4.69) is 73.7 Å². The van der Waals surface area contributed by atoms with Crippen molar-refractivity contribution in [2.45, 2.75) is 41.2 Å². The van der Waals surface area contributed by atoms with Gasteiger partial charge in [-0.1, -0.05) is 38.1 Å². The molecule has 3 rings (SSSR count). The van der Waals surface area contributed by atoms with E-state index in [0.717, 1.165) is 43.3 Å². The third-order valence-electron chi connectivity index (χ3n) is 5.53. The lowest BCUT2D eigenvalue weighted by molar-refractivity contribution is 0.0939. The highest BCUT2D eigenvalue weighted by atomic mass is 16.5. The number of nitrogens with zero attached hydrogens (tertiary/aromatic N) is 2. The van der Waals surface area contributed by atoms with Crippen molar-refractivity contribution in [1.82, 2.24) is 9.88 Å². The van der Waals surface area contributed by atoms with Gasteiger partial charge in [-0.25, -0.2) is 0 Å². The Kier molecular flexibility index (Phi) is 6.45. The molecule has 0 atom stereocenters.